The van der Waals surface area contributed by atoms with Crippen molar-refractivity contribution in [2.45, 2.75) is 26.2 Å². The predicted octanol–water partition coefficient (Wildman–Crippen LogP) is 4.90. The summed E-state index contributed by atoms with van der Waals surface area (Å²) in [4.78, 5) is 5.36. The second kappa shape index (κ2) is 5.27. The van der Waals surface area contributed by atoms with Crippen molar-refractivity contribution in [3.05, 3.63) is 53.9 Å². The van der Waals surface area contributed by atoms with E-state index in [1.165, 1.54) is 11.6 Å². The van der Waals surface area contributed by atoms with E-state index in [0.717, 1.165) is 48.6 Å². The number of fused-ring (bicyclic) bond motifs is 1. The molecule has 1 aliphatic heterocycles. The van der Waals surface area contributed by atoms with Gasteiger partial charge >= 0.3 is 0 Å². The number of aromatic nitrogens is 1. The number of hydrogen-bond donors (Lipinski definition) is 1. The van der Waals surface area contributed by atoms with Crippen molar-refractivity contribution >= 4 is 16.5 Å². The highest BCUT2D eigenvalue weighted by atomic mass is 19.3. The van der Waals surface area contributed by atoms with Crippen molar-refractivity contribution in [3.63, 3.8) is 0 Å². The van der Waals surface area contributed by atoms with Gasteiger partial charge in [0.25, 0.3) is 5.92 Å². The van der Waals surface area contributed by atoms with Gasteiger partial charge in [0.05, 0.1) is 0 Å². The van der Waals surface area contributed by atoms with E-state index in [9.17, 15) is 8.78 Å². The number of halogens is 2. The lowest BCUT2D eigenvalue weighted by molar-refractivity contribution is 0.0176. The lowest BCUT2D eigenvalue weighted by Gasteiger charge is -2.28. The monoisotopic (exact) mass is 302 g/mol. The molecule has 22 heavy (non-hydrogen) atoms. The number of hydrogen-bond acceptors (Lipinski definition) is 1. The SMILES string of the molecule is C=C(C)N1CC=C(c2c[nH]c3cc(C(C)(F)F)ccc23)CC1. The summed E-state index contributed by atoms with van der Waals surface area (Å²) >= 11 is 0. The molecule has 0 radical (unpaired) electrons. The van der Waals surface area contributed by atoms with E-state index in [2.05, 4.69) is 22.5 Å². The molecule has 0 saturated heterocycles. The third kappa shape index (κ3) is 2.65. The predicted molar refractivity (Wildman–Crippen MR) is 86.8 cm³/mol. The summed E-state index contributed by atoms with van der Waals surface area (Å²) in [5.74, 6) is -2.81. The zero-order valence-corrected chi connectivity index (χ0v) is 12.9. The standard InChI is InChI=1S/C18H20F2N2/c1-12(2)22-8-6-13(7-9-22)16-11-21-17-10-14(18(3,19)20)4-5-15(16)17/h4-6,10-11,21H,1,7-9H2,2-3H3. The van der Waals surface area contributed by atoms with Crippen LogP contribution in [0, 0.1) is 0 Å². The minimum Gasteiger partial charge on any atom is -0.371 e. The molecule has 2 aromatic rings. The molecule has 0 aliphatic carbocycles. The molecule has 0 fully saturated rings. The zero-order valence-electron chi connectivity index (χ0n) is 12.9. The van der Waals surface area contributed by atoms with Gasteiger partial charge in [-0.3, -0.25) is 0 Å². The largest absolute Gasteiger partial charge is 0.371 e. The van der Waals surface area contributed by atoms with E-state index >= 15 is 0 Å². The van der Waals surface area contributed by atoms with Gasteiger partial charge in [0.15, 0.2) is 0 Å². The van der Waals surface area contributed by atoms with Crippen LogP contribution in [-0.4, -0.2) is 23.0 Å². The van der Waals surface area contributed by atoms with Gasteiger partial charge < -0.3 is 9.88 Å². The summed E-state index contributed by atoms with van der Waals surface area (Å²) < 4.78 is 26.8. The fourth-order valence-electron chi connectivity index (χ4n) is 2.93. The molecule has 0 spiro atoms. The molecule has 0 saturated carbocycles. The van der Waals surface area contributed by atoms with Gasteiger partial charge in [-0.1, -0.05) is 24.8 Å². The molecule has 1 N–H and O–H groups in total. The van der Waals surface area contributed by atoms with Crippen LogP contribution in [-0.2, 0) is 5.92 Å². The van der Waals surface area contributed by atoms with Crippen LogP contribution in [0.4, 0.5) is 8.78 Å². The summed E-state index contributed by atoms with van der Waals surface area (Å²) in [6.45, 7) is 8.70. The highest BCUT2D eigenvalue weighted by Crippen LogP contribution is 2.33. The van der Waals surface area contributed by atoms with Gasteiger partial charge in [-0.15, -0.1) is 0 Å². The Labute approximate surface area is 129 Å². The first-order chi connectivity index (χ1) is 10.4. The minimum absolute atomic E-state index is 0.0412. The molecule has 0 atom stereocenters. The molecule has 4 heteroatoms. The molecular formula is C18H20F2N2. The Kier molecular flexibility index (Phi) is 3.55. The van der Waals surface area contributed by atoms with Crippen LogP contribution in [0.1, 0.15) is 31.4 Å². The molecule has 3 rings (SSSR count). The van der Waals surface area contributed by atoms with E-state index in [1.807, 2.05) is 13.1 Å². The van der Waals surface area contributed by atoms with Crippen LogP contribution in [0.5, 0.6) is 0 Å². The van der Waals surface area contributed by atoms with Crippen molar-refractivity contribution in [2.24, 2.45) is 0 Å². The average molecular weight is 302 g/mol. The van der Waals surface area contributed by atoms with Crippen LogP contribution in [0.3, 0.4) is 0 Å². The van der Waals surface area contributed by atoms with Crippen molar-refractivity contribution in [1.29, 1.82) is 0 Å². The van der Waals surface area contributed by atoms with Crippen LogP contribution in [0.2, 0.25) is 0 Å². The number of aromatic amines is 1. The Morgan fingerprint density at radius 3 is 2.73 bits per heavy atom. The molecule has 1 aliphatic rings. The summed E-state index contributed by atoms with van der Waals surface area (Å²) in [6, 6.07) is 4.85. The van der Waals surface area contributed by atoms with E-state index < -0.39 is 5.92 Å². The number of benzene rings is 1. The topological polar surface area (TPSA) is 19.0 Å². The lowest BCUT2D eigenvalue weighted by Crippen LogP contribution is -2.26. The molecule has 2 nitrogen and oxygen atoms in total. The molecule has 116 valence electrons. The second-order valence-electron chi connectivity index (χ2n) is 6.01. The number of rotatable bonds is 3. The Bertz CT molecular complexity index is 750. The summed E-state index contributed by atoms with van der Waals surface area (Å²) in [5, 5.41) is 1.00. The smallest absolute Gasteiger partial charge is 0.270 e. The van der Waals surface area contributed by atoms with E-state index in [4.69, 9.17) is 0 Å². The van der Waals surface area contributed by atoms with E-state index in [0.29, 0.717) is 0 Å². The van der Waals surface area contributed by atoms with Gasteiger partial charge in [-0.2, -0.15) is 0 Å². The number of nitrogens with one attached hydrogen (secondary N) is 1. The Hall–Kier alpha value is -2.10. The van der Waals surface area contributed by atoms with Crippen molar-refractivity contribution in [1.82, 2.24) is 9.88 Å². The number of alkyl halides is 2. The molecular weight excluding hydrogens is 282 g/mol. The first kappa shape index (κ1) is 14.8. The number of allylic oxidation sites excluding steroid dienone is 1. The van der Waals surface area contributed by atoms with E-state index in [1.54, 1.807) is 12.1 Å². The van der Waals surface area contributed by atoms with Crippen LogP contribution in [0.25, 0.3) is 16.5 Å². The summed E-state index contributed by atoms with van der Waals surface area (Å²) in [6.07, 6.45) is 5.05. The minimum atomic E-state index is -2.81. The quantitative estimate of drug-likeness (QED) is 0.854. The molecule has 1 aromatic heterocycles. The average Bonchev–Trinajstić information content (AvgIpc) is 2.89. The van der Waals surface area contributed by atoms with Gasteiger partial charge in [-0.05, 0) is 25.0 Å². The van der Waals surface area contributed by atoms with Gasteiger partial charge in [0.1, 0.15) is 0 Å². The van der Waals surface area contributed by atoms with Crippen molar-refractivity contribution in [3.8, 4) is 0 Å². The first-order valence-electron chi connectivity index (χ1n) is 7.45. The molecule has 0 unspecified atom stereocenters. The zero-order chi connectivity index (χ0) is 15.9. The Morgan fingerprint density at radius 1 is 1.36 bits per heavy atom. The van der Waals surface area contributed by atoms with Gasteiger partial charge in [0.2, 0.25) is 0 Å². The maximum atomic E-state index is 13.4. The Balaban J connectivity index is 1.95. The fourth-order valence-corrected chi connectivity index (χ4v) is 2.93. The highest BCUT2D eigenvalue weighted by Gasteiger charge is 2.25. The molecule has 2 heterocycles. The molecule has 0 amide bonds. The van der Waals surface area contributed by atoms with Crippen LogP contribution in [0.15, 0.2) is 42.7 Å². The number of H-pyrrole nitrogens is 1. The van der Waals surface area contributed by atoms with Crippen molar-refractivity contribution in [2.75, 3.05) is 13.1 Å². The third-order valence-electron chi connectivity index (χ3n) is 4.28. The second-order valence-corrected chi connectivity index (χ2v) is 6.01. The Morgan fingerprint density at radius 2 is 2.14 bits per heavy atom. The van der Waals surface area contributed by atoms with Gasteiger partial charge in [0, 0.05) is 53.9 Å². The van der Waals surface area contributed by atoms with Gasteiger partial charge in [-0.25, -0.2) is 8.78 Å². The first-order valence-corrected chi connectivity index (χ1v) is 7.45. The normalized spacial score (nSPS) is 16.0. The summed E-state index contributed by atoms with van der Waals surface area (Å²) in [7, 11) is 0. The maximum Gasteiger partial charge on any atom is 0.270 e. The summed E-state index contributed by atoms with van der Waals surface area (Å²) in [5.41, 5.74) is 4.25. The molecule has 1 aromatic carbocycles. The lowest BCUT2D eigenvalue weighted by atomic mass is 9.97. The number of nitrogens with zero attached hydrogens (tertiary/aromatic N) is 1. The molecule has 0 bridgehead atoms. The van der Waals surface area contributed by atoms with Crippen LogP contribution < -0.4 is 0 Å². The fraction of sp³-hybridized carbons (Fsp3) is 0.333. The van der Waals surface area contributed by atoms with Crippen LogP contribution >= 0.6 is 0 Å². The van der Waals surface area contributed by atoms with E-state index in [-0.39, 0.29) is 5.56 Å². The maximum absolute atomic E-state index is 13.4. The third-order valence-corrected chi connectivity index (χ3v) is 4.28. The van der Waals surface area contributed by atoms with Crippen molar-refractivity contribution < 1.29 is 8.78 Å². The highest BCUT2D eigenvalue weighted by molar-refractivity contribution is 5.93.